The van der Waals surface area contributed by atoms with E-state index >= 15 is 0 Å². The summed E-state index contributed by atoms with van der Waals surface area (Å²) >= 11 is 0. The van der Waals surface area contributed by atoms with Crippen LogP contribution in [0.3, 0.4) is 0 Å². The van der Waals surface area contributed by atoms with Crippen molar-refractivity contribution in [1.29, 1.82) is 0 Å². The summed E-state index contributed by atoms with van der Waals surface area (Å²) in [5.41, 5.74) is 7.97. The first-order chi connectivity index (χ1) is 18.3. The van der Waals surface area contributed by atoms with Crippen molar-refractivity contribution >= 4 is 22.6 Å². The maximum Gasteiger partial charge on any atom is 0.227 e. The molecule has 38 heavy (non-hydrogen) atoms. The van der Waals surface area contributed by atoms with E-state index in [-0.39, 0.29) is 11.8 Å². The highest BCUT2D eigenvalue weighted by molar-refractivity contribution is 5.96. The lowest BCUT2D eigenvalue weighted by molar-refractivity contribution is -0.117. The SMILES string of the molecule is Cc1cc(C)cc(N2CC(c3nc4ccccc4n3CCCCOc3cc(C)ccc3C(C)C)CC2=O)c1. The van der Waals surface area contributed by atoms with E-state index in [0.29, 0.717) is 25.5 Å². The van der Waals surface area contributed by atoms with Gasteiger partial charge >= 0.3 is 0 Å². The number of hydrogen-bond acceptors (Lipinski definition) is 3. The van der Waals surface area contributed by atoms with Crippen molar-refractivity contribution in [2.75, 3.05) is 18.1 Å². The van der Waals surface area contributed by atoms with E-state index in [9.17, 15) is 4.79 Å². The molecule has 0 bridgehead atoms. The van der Waals surface area contributed by atoms with Crippen molar-refractivity contribution in [2.24, 2.45) is 0 Å². The van der Waals surface area contributed by atoms with E-state index < -0.39 is 0 Å². The van der Waals surface area contributed by atoms with E-state index in [4.69, 9.17) is 9.72 Å². The van der Waals surface area contributed by atoms with Crippen molar-refractivity contribution in [3.63, 3.8) is 0 Å². The van der Waals surface area contributed by atoms with Gasteiger partial charge in [0.05, 0.1) is 17.6 Å². The summed E-state index contributed by atoms with van der Waals surface area (Å²) in [6, 6.07) is 21.2. The fraction of sp³-hybridized carbons (Fsp3) is 0.394. The van der Waals surface area contributed by atoms with Crippen LogP contribution in [0.5, 0.6) is 5.75 Å². The van der Waals surface area contributed by atoms with Crippen molar-refractivity contribution in [3.05, 3.63) is 88.7 Å². The van der Waals surface area contributed by atoms with Gasteiger partial charge in [0, 0.05) is 31.1 Å². The molecule has 0 radical (unpaired) electrons. The summed E-state index contributed by atoms with van der Waals surface area (Å²) in [4.78, 5) is 20.1. The number of anilines is 1. The minimum Gasteiger partial charge on any atom is -0.493 e. The van der Waals surface area contributed by atoms with Gasteiger partial charge in [-0.2, -0.15) is 0 Å². The number of amides is 1. The molecule has 1 aromatic heterocycles. The van der Waals surface area contributed by atoms with Crippen LogP contribution in [0.4, 0.5) is 5.69 Å². The zero-order valence-electron chi connectivity index (χ0n) is 23.3. The molecule has 1 fully saturated rings. The van der Waals surface area contributed by atoms with Gasteiger partial charge in [-0.3, -0.25) is 4.79 Å². The van der Waals surface area contributed by atoms with Crippen LogP contribution in [0.25, 0.3) is 11.0 Å². The van der Waals surface area contributed by atoms with Gasteiger partial charge in [-0.05, 0) is 92.1 Å². The summed E-state index contributed by atoms with van der Waals surface area (Å²) in [5.74, 6) is 2.71. The monoisotopic (exact) mass is 509 g/mol. The molecular weight excluding hydrogens is 470 g/mol. The highest BCUT2D eigenvalue weighted by Crippen LogP contribution is 2.34. The lowest BCUT2D eigenvalue weighted by Crippen LogP contribution is -2.24. The van der Waals surface area contributed by atoms with Gasteiger partial charge in [0.2, 0.25) is 5.91 Å². The van der Waals surface area contributed by atoms with Gasteiger partial charge in [0.25, 0.3) is 0 Å². The van der Waals surface area contributed by atoms with E-state index in [1.165, 1.54) is 22.3 Å². The highest BCUT2D eigenvalue weighted by atomic mass is 16.5. The molecule has 5 rings (SSSR count). The summed E-state index contributed by atoms with van der Waals surface area (Å²) in [6.45, 7) is 12.9. The molecule has 5 nitrogen and oxygen atoms in total. The van der Waals surface area contributed by atoms with Crippen LogP contribution >= 0.6 is 0 Å². The molecule has 2 heterocycles. The molecule has 198 valence electrons. The molecule has 0 saturated carbocycles. The van der Waals surface area contributed by atoms with Gasteiger partial charge in [-0.25, -0.2) is 4.98 Å². The number of para-hydroxylation sites is 2. The molecule has 1 amide bonds. The molecule has 4 aromatic rings. The Kier molecular flexibility index (Phi) is 7.55. The van der Waals surface area contributed by atoms with Gasteiger partial charge in [-0.1, -0.05) is 44.2 Å². The minimum atomic E-state index is 0.0767. The van der Waals surface area contributed by atoms with Crippen molar-refractivity contribution in [3.8, 4) is 5.75 Å². The van der Waals surface area contributed by atoms with Crippen molar-refractivity contribution in [1.82, 2.24) is 9.55 Å². The number of ether oxygens (including phenoxy) is 1. The number of rotatable bonds is 9. The van der Waals surface area contributed by atoms with Crippen LogP contribution in [0.1, 0.15) is 73.0 Å². The first kappa shape index (κ1) is 26.0. The number of nitrogens with zero attached hydrogens (tertiary/aromatic N) is 3. The quantitative estimate of drug-likeness (QED) is 0.220. The standard InChI is InChI=1S/C33H39N3O2/c1-22(2)28-13-12-23(3)19-31(28)38-15-9-8-14-35-30-11-7-6-10-29(30)34-33(35)26-20-32(37)36(21-26)27-17-24(4)16-25(5)18-27/h6-7,10-13,16-19,22,26H,8-9,14-15,20-21H2,1-5H3. The third-order valence-corrected chi connectivity index (χ3v) is 7.52. The third kappa shape index (κ3) is 5.47. The van der Waals surface area contributed by atoms with E-state index in [0.717, 1.165) is 47.7 Å². The second-order valence-corrected chi connectivity index (χ2v) is 11.1. The Hall–Kier alpha value is -3.60. The number of fused-ring (bicyclic) bond motifs is 1. The molecule has 1 saturated heterocycles. The van der Waals surface area contributed by atoms with Gasteiger partial charge in [0.15, 0.2) is 0 Å². The zero-order valence-corrected chi connectivity index (χ0v) is 23.3. The molecule has 1 atom stereocenters. The number of benzene rings is 3. The number of imidazole rings is 1. The van der Waals surface area contributed by atoms with Crippen molar-refractivity contribution in [2.45, 2.75) is 72.3 Å². The van der Waals surface area contributed by atoms with Gasteiger partial charge < -0.3 is 14.2 Å². The van der Waals surface area contributed by atoms with Crippen LogP contribution in [0, 0.1) is 20.8 Å². The van der Waals surface area contributed by atoms with Gasteiger partial charge in [0.1, 0.15) is 11.6 Å². The van der Waals surface area contributed by atoms with Crippen LogP contribution in [0.2, 0.25) is 0 Å². The molecule has 3 aromatic carbocycles. The topological polar surface area (TPSA) is 47.4 Å². The summed E-state index contributed by atoms with van der Waals surface area (Å²) in [6.07, 6.45) is 2.43. The molecule has 5 heteroatoms. The Morgan fingerprint density at radius 2 is 1.71 bits per heavy atom. The average Bonchev–Trinajstić information content (AvgIpc) is 3.43. The van der Waals surface area contributed by atoms with E-state index in [1.807, 2.05) is 11.0 Å². The normalized spacial score (nSPS) is 15.7. The Balaban J connectivity index is 1.30. The molecule has 0 spiro atoms. The maximum atomic E-state index is 13.1. The maximum absolute atomic E-state index is 13.1. The van der Waals surface area contributed by atoms with Crippen molar-refractivity contribution < 1.29 is 9.53 Å². The second-order valence-electron chi connectivity index (χ2n) is 11.1. The minimum absolute atomic E-state index is 0.0767. The predicted molar refractivity (Wildman–Crippen MR) is 155 cm³/mol. The Bertz CT molecular complexity index is 1430. The molecule has 1 unspecified atom stereocenters. The van der Waals surface area contributed by atoms with E-state index in [1.54, 1.807) is 0 Å². The van der Waals surface area contributed by atoms with Crippen LogP contribution in [0.15, 0.2) is 60.7 Å². The number of carbonyl (C=O) groups is 1. The van der Waals surface area contributed by atoms with Crippen LogP contribution in [-0.4, -0.2) is 28.6 Å². The number of hydrogen-bond donors (Lipinski definition) is 0. The lowest BCUT2D eigenvalue weighted by Gasteiger charge is -2.19. The molecular formula is C33H39N3O2. The van der Waals surface area contributed by atoms with Crippen LogP contribution < -0.4 is 9.64 Å². The Labute approximate surface area is 226 Å². The lowest BCUT2D eigenvalue weighted by atomic mass is 10.0. The highest BCUT2D eigenvalue weighted by Gasteiger charge is 2.35. The number of carbonyl (C=O) groups excluding carboxylic acids is 1. The largest absolute Gasteiger partial charge is 0.493 e. The summed E-state index contributed by atoms with van der Waals surface area (Å²) < 4.78 is 8.57. The second kappa shape index (κ2) is 11.0. The molecule has 0 N–H and O–H groups in total. The van der Waals surface area contributed by atoms with Gasteiger partial charge in [-0.15, -0.1) is 0 Å². The predicted octanol–water partition coefficient (Wildman–Crippen LogP) is 7.46. The molecule has 0 aliphatic carbocycles. The smallest absolute Gasteiger partial charge is 0.227 e. The van der Waals surface area contributed by atoms with Crippen LogP contribution in [-0.2, 0) is 11.3 Å². The zero-order chi connectivity index (χ0) is 26.8. The molecule has 1 aliphatic heterocycles. The summed E-state index contributed by atoms with van der Waals surface area (Å²) in [5, 5.41) is 0. The molecule has 1 aliphatic rings. The number of unbranched alkanes of at least 4 members (excludes halogenated alkanes) is 1. The third-order valence-electron chi connectivity index (χ3n) is 7.52. The fourth-order valence-corrected chi connectivity index (χ4v) is 5.68. The first-order valence-corrected chi connectivity index (χ1v) is 13.9. The average molecular weight is 510 g/mol. The number of aromatic nitrogens is 2. The number of aryl methyl sites for hydroxylation is 4. The summed E-state index contributed by atoms with van der Waals surface area (Å²) in [7, 11) is 0. The Morgan fingerprint density at radius 3 is 2.47 bits per heavy atom. The first-order valence-electron chi connectivity index (χ1n) is 13.9. The Morgan fingerprint density at radius 1 is 0.947 bits per heavy atom. The fourth-order valence-electron chi connectivity index (χ4n) is 5.68. The van der Waals surface area contributed by atoms with E-state index in [2.05, 4.69) is 93.8 Å².